The highest BCUT2D eigenvalue weighted by Crippen LogP contribution is 2.24. The smallest absolute Gasteiger partial charge is 0.303 e. The standard InChI is InChI=1S/C12H17N3O3S/c1-8-11(19-14-13-8)12(18)15-7-3-2-4-9(15)5-6-10(16)17/h9H,2-7H2,1H3,(H,16,17). The lowest BCUT2D eigenvalue weighted by molar-refractivity contribution is -0.137. The number of piperidine rings is 1. The first-order chi connectivity index (χ1) is 9.09. The van der Waals surface area contributed by atoms with Crippen molar-refractivity contribution in [2.24, 2.45) is 0 Å². The molecule has 0 bridgehead atoms. The number of carbonyl (C=O) groups excluding carboxylic acids is 1. The van der Waals surface area contributed by atoms with Gasteiger partial charge in [-0.2, -0.15) is 0 Å². The van der Waals surface area contributed by atoms with E-state index in [2.05, 4.69) is 9.59 Å². The Morgan fingerprint density at radius 2 is 2.26 bits per heavy atom. The minimum absolute atomic E-state index is 0.0267. The minimum Gasteiger partial charge on any atom is -0.481 e. The monoisotopic (exact) mass is 283 g/mol. The molecule has 19 heavy (non-hydrogen) atoms. The summed E-state index contributed by atoms with van der Waals surface area (Å²) in [7, 11) is 0. The summed E-state index contributed by atoms with van der Waals surface area (Å²) in [5, 5.41) is 12.6. The summed E-state index contributed by atoms with van der Waals surface area (Å²) in [5.74, 6) is -0.865. The number of carboxylic acids is 1. The molecular formula is C12H17N3O3S. The second kappa shape index (κ2) is 6.10. The molecule has 1 saturated heterocycles. The minimum atomic E-state index is -0.811. The van der Waals surface area contributed by atoms with Crippen LogP contribution in [0.5, 0.6) is 0 Å². The van der Waals surface area contributed by atoms with Gasteiger partial charge in [-0.15, -0.1) is 5.10 Å². The van der Waals surface area contributed by atoms with Crippen LogP contribution in [0.15, 0.2) is 0 Å². The molecule has 6 nitrogen and oxygen atoms in total. The number of aromatic nitrogens is 2. The molecule has 1 aliphatic heterocycles. The summed E-state index contributed by atoms with van der Waals surface area (Å²) in [6.45, 7) is 2.47. The van der Waals surface area contributed by atoms with Gasteiger partial charge in [0, 0.05) is 19.0 Å². The van der Waals surface area contributed by atoms with Crippen LogP contribution < -0.4 is 0 Å². The summed E-state index contributed by atoms with van der Waals surface area (Å²) in [4.78, 5) is 25.5. The first-order valence-corrected chi connectivity index (χ1v) is 7.18. The van der Waals surface area contributed by atoms with E-state index < -0.39 is 5.97 Å². The number of aryl methyl sites for hydroxylation is 1. The fraction of sp³-hybridized carbons (Fsp3) is 0.667. The van der Waals surface area contributed by atoms with E-state index in [4.69, 9.17) is 5.11 Å². The van der Waals surface area contributed by atoms with E-state index in [1.807, 2.05) is 0 Å². The molecule has 0 aliphatic carbocycles. The fourth-order valence-electron chi connectivity index (χ4n) is 2.42. The van der Waals surface area contributed by atoms with Crippen LogP contribution in [0.4, 0.5) is 0 Å². The highest BCUT2D eigenvalue weighted by molar-refractivity contribution is 7.07. The number of carbonyl (C=O) groups is 2. The lowest BCUT2D eigenvalue weighted by Gasteiger charge is -2.35. The number of aliphatic carboxylic acids is 1. The predicted octanol–water partition coefficient (Wildman–Crippen LogP) is 1.71. The van der Waals surface area contributed by atoms with E-state index in [0.29, 0.717) is 23.5 Å². The van der Waals surface area contributed by atoms with Crippen molar-refractivity contribution in [3.05, 3.63) is 10.6 Å². The topological polar surface area (TPSA) is 83.4 Å². The zero-order chi connectivity index (χ0) is 13.8. The van der Waals surface area contributed by atoms with E-state index in [0.717, 1.165) is 30.8 Å². The Morgan fingerprint density at radius 3 is 2.89 bits per heavy atom. The molecule has 0 aromatic carbocycles. The molecule has 0 radical (unpaired) electrons. The van der Waals surface area contributed by atoms with Gasteiger partial charge in [-0.3, -0.25) is 9.59 Å². The van der Waals surface area contributed by atoms with Crippen LogP contribution in [-0.4, -0.2) is 44.1 Å². The average molecular weight is 283 g/mol. The van der Waals surface area contributed by atoms with Gasteiger partial charge in [-0.05, 0) is 44.1 Å². The van der Waals surface area contributed by atoms with Crippen LogP contribution in [0.3, 0.4) is 0 Å². The van der Waals surface area contributed by atoms with Crippen molar-refractivity contribution in [3.8, 4) is 0 Å². The lowest BCUT2D eigenvalue weighted by Crippen LogP contribution is -2.43. The van der Waals surface area contributed by atoms with E-state index in [1.54, 1.807) is 11.8 Å². The third-order valence-electron chi connectivity index (χ3n) is 3.43. The molecule has 2 rings (SSSR count). The average Bonchev–Trinajstić information content (AvgIpc) is 2.82. The first kappa shape index (κ1) is 13.9. The van der Waals surface area contributed by atoms with E-state index >= 15 is 0 Å². The van der Waals surface area contributed by atoms with Crippen molar-refractivity contribution in [1.29, 1.82) is 0 Å². The Bertz CT molecular complexity index is 475. The Balaban J connectivity index is 2.08. The summed E-state index contributed by atoms with van der Waals surface area (Å²) in [5.41, 5.74) is 0.651. The number of hydrogen-bond donors (Lipinski definition) is 1. The first-order valence-electron chi connectivity index (χ1n) is 6.41. The van der Waals surface area contributed by atoms with Crippen LogP contribution in [0.25, 0.3) is 0 Å². The van der Waals surface area contributed by atoms with Gasteiger partial charge in [-0.1, -0.05) is 4.49 Å². The molecule has 7 heteroatoms. The van der Waals surface area contributed by atoms with Crippen LogP contribution in [-0.2, 0) is 4.79 Å². The van der Waals surface area contributed by atoms with Gasteiger partial charge in [0.25, 0.3) is 5.91 Å². The molecule has 1 N–H and O–H groups in total. The van der Waals surface area contributed by atoms with E-state index in [1.165, 1.54) is 0 Å². The van der Waals surface area contributed by atoms with Crippen LogP contribution >= 0.6 is 11.5 Å². The highest BCUT2D eigenvalue weighted by atomic mass is 32.1. The lowest BCUT2D eigenvalue weighted by atomic mass is 9.97. The quantitative estimate of drug-likeness (QED) is 0.909. The van der Waals surface area contributed by atoms with Gasteiger partial charge in [0.05, 0.1) is 5.69 Å². The van der Waals surface area contributed by atoms with Crippen molar-refractivity contribution in [2.75, 3.05) is 6.54 Å². The Labute approximate surface area is 115 Å². The summed E-state index contributed by atoms with van der Waals surface area (Å²) < 4.78 is 3.79. The molecule has 1 amide bonds. The van der Waals surface area contributed by atoms with Gasteiger partial charge < -0.3 is 10.0 Å². The number of amides is 1. The molecule has 1 aliphatic rings. The van der Waals surface area contributed by atoms with Gasteiger partial charge in [0.1, 0.15) is 4.88 Å². The predicted molar refractivity (Wildman–Crippen MR) is 70.2 cm³/mol. The molecule has 1 aromatic rings. The van der Waals surface area contributed by atoms with Crippen molar-refractivity contribution in [1.82, 2.24) is 14.5 Å². The molecule has 1 aromatic heterocycles. The number of hydrogen-bond acceptors (Lipinski definition) is 5. The molecule has 2 heterocycles. The largest absolute Gasteiger partial charge is 0.481 e. The highest BCUT2D eigenvalue weighted by Gasteiger charge is 2.29. The third kappa shape index (κ3) is 3.28. The molecular weight excluding hydrogens is 266 g/mol. The molecule has 1 unspecified atom stereocenters. The van der Waals surface area contributed by atoms with Crippen molar-refractivity contribution < 1.29 is 14.7 Å². The van der Waals surface area contributed by atoms with Crippen LogP contribution in [0.1, 0.15) is 47.5 Å². The second-order valence-corrected chi connectivity index (χ2v) is 5.52. The van der Waals surface area contributed by atoms with E-state index in [-0.39, 0.29) is 18.4 Å². The van der Waals surface area contributed by atoms with Gasteiger partial charge >= 0.3 is 5.97 Å². The number of rotatable bonds is 4. The maximum atomic E-state index is 12.4. The fourth-order valence-corrected chi connectivity index (χ4v) is 3.03. The Hall–Kier alpha value is -1.50. The zero-order valence-electron chi connectivity index (χ0n) is 10.8. The zero-order valence-corrected chi connectivity index (χ0v) is 11.7. The molecule has 104 valence electrons. The SMILES string of the molecule is Cc1nnsc1C(=O)N1CCCCC1CCC(=O)O. The van der Waals surface area contributed by atoms with Gasteiger partial charge in [-0.25, -0.2) is 0 Å². The van der Waals surface area contributed by atoms with Crippen molar-refractivity contribution in [2.45, 2.75) is 45.1 Å². The number of carboxylic acid groups (broad SMARTS) is 1. The van der Waals surface area contributed by atoms with Gasteiger partial charge in [0.15, 0.2) is 0 Å². The number of likely N-dealkylation sites (tertiary alicyclic amines) is 1. The van der Waals surface area contributed by atoms with E-state index in [9.17, 15) is 9.59 Å². The summed E-state index contributed by atoms with van der Waals surface area (Å²) >= 11 is 1.11. The second-order valence-electron chi connectivity index (χ2n) is 4.77. The maximum Gasteiger partial charge on any atom is 0.303 e. The molecule has 0 saturated carbocycles. The van der Waals surface area contributed by atoms with Gasteiger partial charge in [0.2, 0.25) is 0 Å². The van der Waals surface area contributed by atoms with Crippen LogP contribution in [0, 0.1) is 6.92 Å². The Morgan fingerprint density at radius 1 is 1.47 bits per heavy atom. The maximum absolute atomic E-state index is 12.4. The normalized spacial score (nSPS) is 19.4. The summed E-state index contributed by atoms with van der Waals surface area (Å²) in [6.07, 6.45) is 3.53. The van der Waals surface area contributed by atoms with Crippen LogP contribution in [0.2, 0.25) is 0 Å². The van der Waals surface area contributed by atoms with Crippen molar-refractivity contribution >= 4 is 23.4 Å². The number of nitrogens with zero attached hydrogens (tertiary/aromatic N) is 3. The molecule has 1 fully saturated rings. The van der Waals surface area contributed by atoms with Crippen molar-refractivity contribution in [3.63, 3.8) is 0 Å². The molecule has 0 spiro atoms. The third-order valence-corrected chi connectivity index (χ3v) is 4.24. The Kier molecular flexibility index (Phi) is 4.47. The summed E-state index contributed by atoms with van der Waals surface area (Å²) in [6, 6.07) is 0.0267. The molecule has 1 atom stereocenters.